The number of hydrogen-bond donors (Lipinski definition) is 0. The molecule has 0 bridgehead atoms. The Morgan fingerprint density at radius 3 is 1.10 bits per heavy atom. The molecule has 0 aliphatic heterocycles. The van der Waals surface area contributed by atoms with Gasteiger partial charge in [-0.2, -0.15) is 0 Å². The standard InChI is InChI=1S/C8H20N.C4H12O3SSi.2CH4/c1-5-9(6-2,7-3)8-4;1-9(2,3)4-8(5,6)7;;/h5-8H2,1-4H3;4H2,1-3H3,(H,5,6,7);2*1H4/q+1;;;/p-1. The average molecular weight is 330 g/mol. The Labute approximate surface area is 129 Å². The maximum Gasteiger partial charge on any atom is 0.0920 e. The SMILES string of the molecule is C.C.CC[N+](CC)(CC)CC.C[Si](C)(C)CS(=O)(=O)[O-]. The van der Waals surface area contributed by atoms with Crippen molar-refractivity contribution in [2.24, 2.45) is 0 Å². The molecule has 0 radical (unpaired) electrons. The third-order valence-electron chi connectivity index (χ3n) is 3.29. The first kappa shape index (κ1) is 28.3. The maximum absolute atomic E-state index is 10.1. The van der Waals surface area contributed by atoms with Gasteiger partial charge in [0.25, 0.3) is 0 Å². The highest BCUT2D eigenvalue weighted by Gasteiger charge is 2.16. The van der Waals surface area contributed by atoms with Gasteiger partial charge in [-0.05, 0) is 27.7 Å². The van der Waals surface area contributed by atoms with Crippen LogP contribution in [-0.4, -0.2) is 57.1 Å². The summed E-state index contributed by atoms with van der Waals surface area (Å²) in [7, 11) is -5.66. The van der Waals surface area contributed by atoms with E-state index in [1.807, 2.05) is 19.6 Å². The van der Waals surface area contributed by atoms with Gasteiger partial charge >= 0.3 is 0 Å². The Morgan fingerprint density at radius 2 is 1.10 bits per heavy atom. The molecule has 0 saturated carbocycles. The summed E-state index contributed by atoms with van der Waals surface area (Å²) in [5.74, 6) is 0. The fourth-order valence-electron chi connectivity index (χ4n) is 1.87. The maximum atomic E-state index is 10.1. The minimum atomic E-state index is -3.97. The lowest BCUT2D eigenvalue weighted by Gasteiger charge is -2.34. The Balaban J connectivity index is -0.000000116. The Hall–Kier alpha value is 0.0869. The normalized spacial score (nSPS) is 11.6. The lowest BCUT2D eigenvalue weighted by molar-refractivity contribution is -0.921. The molecule has 20 heavy (non-hydrogen) atoms. The highest BCUT2D eigenvalue weighted by molar-refractivity contribution is 7.87. The predicted octanol–water partition coefficient (Wildman–Crippen LogP) is 3.56. The molecule has 0 saturated heterocycles. The second-order valence-corrected chi connectivity index (χ2v) is 13.3. The molecule has 0 heterocycles. The molecule has 0 amide bonds. The zero-order valence-electron chi connectivity index (χ0n) is 13.1. The fourth-order valence-corrected chi connectivity index (χ4v) is 6.11. The van der Waals surface area contributed by atoms with E-state index < -0.39 is 18.2 Å². The van der Waals surface area contributed by atoms with Crippen molar-refractivity contribution in [1.29, 1.82) is 0 Å². The fraction of sp³-hybridized carbons (Fsp3) is 1.00. The van der Waals surface area contributed by atoms with Crippen LogP contribution in [0.25, 0.3) is 0 Å². The van der Waals surface area contributed by atoms with Gasteiger partial charge in [-0.25, -0.2) is 8.42 Å². The monoisotopic (exact) mass is 329 g/mol. The third-order valence-corrected chi connectivity index (χ3v) is 8.17. The van der Waals surface area contributed by atoms with E-state index in [1.54, 1.807) is 0 Å². The highest BCUT2D eigenvalue weighted by atomic mass is 32.2. The molecule has 0 aromatic rings. The van der Waals surface area contributed by atoms with E-state index in [1.165, 1.54) is 30.7 Å². The molecule has 128 valence electrons. The minimum Gasteiger partial charge on any atom is -0.748 e. The number of rotatable bonds is 6. The van der Waals surface area contributed by atoms with E-state index in [4.69, 9.17) is 0 Å². The van der Waals surface area contributed by atoms with E-state index in [9.17, 15) is 13.0 Å². The Kier molecular flexibility index (Phi) is 16.6. The van der Waals surface area contributed by atoms with Crippen LogP contribution in [0.3, 0.4) is 0 Å². The first-order chi connectivity index (χ1) is 7.95. The molecule has 0 N–H and O–H groups in total. The van der Waals surface area contributed by atoms with Gasteiger partial charge in [-0.1, -0.05) is 34.5 Å². The molecule has 0 aliphatic rings. The molecule has 4 nitrogen and oxygen atoms in total. The van der Waals surface area contributed by atoms with Crippen molar-refractivity contribution in [3.63, 3.8) is 0 Å². The van der Waals surface area contributed by atoms with Crippen molar-refractivity contribution in [2.45, 2.75) is 62.2 Å². The van der Waals surface area contributed by atoms with Crippen molar-refractivity contribution in [1.82, 2.24) is 0 Å². The smallest absolute Gasteiger partial charge is 0.0920 e. The van der Waals surface area contributed by atoms with Crippen LogP contribution in [0.5, 0.6) is 0 Å². The molecular weight excluding hydrogens is 290 g/mol. The molecule has 0 aliphatic carbocycles. The van der Waals surface area contributed by atoms with Crippen LogP contribution in [0.2, 0.25) is 19.6 Å². The number of quaternary nitrogens is 1. The molecule has 0 aromatic heterocycles. The van der Waals surface area contributed by atoms with Crippen LogP contribution in [0, 0.1) is 0 Å². The van der Waals surface area contributed by atoms with Crippen LogP contribution in [0.1, 0.15) is 42.5 Å². The van der Waals surface area contributed by atoms with Gasteiger partial charge in [-0.15, -0.1) is 0 Å². The van der Waals surface area contributed by atoms with Crippen molar-refractivity contribution >= 4 is 18.2 Å². The van der Waals surface area contributed by atoms with Crippen LogP contribution >= 0.6 is 0 Å². The molecule has 0 unspecified atom stereocenters. The average Bonchev–Trinajstić information content (AvgIpc) is 2.17. The summed E-state index contributed by atoms with van der Waals surface area (Å²) in [5, 5.41) is -0.153. The molecule has 0 fully saturated rings. The summed E-state index contributed by atoms with van der Waals surface area (Å²) in [6, 6.07) is 0. The molecule has 0 atom stereocenters. The van der Waals surface area contributed by atoms with E-state index in [-0.39, 0.29) is 20.2 Å². The van der Waals surface area contributed by atoms with Gasteiger partial charge < -0.3 is 9.04 Å². The van der Waals surface area contributed by atoms with Gasteiger partial charge in [0, 0.05) is 5.38 Å². The zero-order valence-corrected chi connectivity index (χ0v) is 14.9. The quantitative estimate of drug-likeness (QED) is 0.425. The second-order valence-electron chi connectivity index (χ2n) is 5.87. The lowest BCUT2D eigenvalue weighted by Crippen LogP contribution is -2.47. The third kappa shape index (κ3) is 16.1. The minimum absolute atomic E-state index is 0. The molecule has 0 rings (SSSR count). The van der Waals surface area contributed by atoms with E-state index in [0.29, 0.717) is 0 Å². The summed E-state index contributed by atoms with van der Waals surface area (Å²) in [4.78, 5) is 0. The molecule has 0 aromatic carbocycles. The van der Waals surface area contributed by atoms with Crippen molar-refractivity contribution in [3.05, 3.63) is 0 Å². The summed E-state index contributed by atoms with van der Waals surface area (Å²) in [5.41, 5.74) is 0. The zero-order chi connectivity index (χ0) is 15.0. The van der Waals surface area contributed by atoms with E-state index >= 15 is 0 Å². The van der Waals surface area contributed by atoms with E-state index in [2.05, 4.69) is 27.7 Å². The topological polar surface area (TPSA) is 57.2 Å². The van der Waals surface area contributed by atoms with Crippen molar-refractivity contribution < 1.29 is 17.5 Å². The van der Waals surface area contributed by atoms with Crippen molar-refractivity contribution in [2.75, 3.05) is 31.6 Å². The summed E-state index contributed by atoms with van der Waals surface area (Å²) in [6.45, 7) is 19.8. The molecule has 6 heteroatoms. The Morgan fingerprint density at radius 1 is 0.850 bits per heavy atom. The van der Waals surface area contributed by atoms with Gasteiger partial charge in [0.1, 0.15) is 0 Å². The summed E-state index contributed by atoms with van der Waals surface area (Å²) in [6.07, 6.45) is 0. The van der Waals surface area contributed by atoms with Crippen LogP contribution in [0.15, 0.2) is 0 Å². The lowest BCUT2D eigenvalue weighted by atomic mass is 10.3. The highest BCUT2D eigenvalue weighted by Crippen LogP contribution is 2.03. The first-order valence-corrected chi connectivity index (χ1v) is 12.0. The molecular formula is C14H39NO3SSi. The van der Waals surface area contributed by atoms with Gasteiger partial charge in [0.2, 0.25) is 0 Å². The van der Waals surface area contributed by atoms with Gasteiger partial charge in [0.15, 0.2) is 0 Å². The largest absolute Gasteiger partial charge is 0.748 e. The number of hydrogen-bond acceptors (Lipinski definition) is 3. The van der Waals surface area contributed by atoms with E-state index in [0.717, 1.165) is 0 Å². The van der Waals surface area contributed by atoms with Crippen molar-refractivity contribution in [3.8, 4) is 0 Å². The predicted molar refractivity (Wildman–Crippen MR) is 93.8 cm³/mol. The van der Waals surface area contributed by atoms with Crippen LogP contribution in [-0.2, 0) is 10.1 Å². The van der Waals surface area contributed by atoms with Gasteiger partial charge in [-0.3, -0.25) is 0 Å². The Bertz CT molecular complexity index is 289. The van der Waals surface area contributed by atoms with Crippen LogP contribution < -0.4 is 0 Å². The second kappa shape index (κ2) is 11.7. The summed E-state index contributed by atoms with van der Waals surface area (Å²) >= 11 is 0. The van der Waals surface area contributed by atoms with Crippen LogP contribution in [0.4, 0.5) is 0 Å². The summed E-state index contributed by atoms with van der Waals surface area (Å²) < 4.78 is 31.7. The first-order valence-electron chi connectivity index (χ1n) is 6.74. The number of nitrogens with zero attached hydrogens (tertiary/aromatic N) is 1. The molecule has 0 spiro atoms. The van der Waals surface area contributed by atoms with Gasteiger partial charge in [0.05, 0.1) is 44.4 Å².